The molecule has 2 amide bonds. The van der Waals surface area contributed by atoms with Gasteiger partial charge in [0.25, 0.3) is 0 Å². The van der Waals surface area contributed by atoms with Crippen LogP contribution in [-0.2, 0) is 9.59 Å². The molecule has 0 aromatic heterocycles. The van der Waals surface area contributed by atoms with Crippen LogP contribution in [0.4, 0.5) is 5.69 Å². The summed E-state index contributed by atoms with van der Waals surface area (Å²) in [5, 5.41) is 3.17. The zero-order chi connectivity index (χ0) is 16.4. The van der Waals surface area contributed by atoms with Crippen LogP contribution in [0.2, 0.25) is 0 Å². The first kappa shape index (κ1) is 16.0. The molecule has 4 nitrogen and oxygen atoms in total. The lowest BCUT2D eigenvalue weighted by molar-refractivity contribution is -0.127. The summed E-state index contributed by atoms with van der Waals surface area (Å²) in [7, 11) is 0. The van der Waals surface area contributed by atoms with Gasteiger partial charge in [0.2, 0.25) is 11.8 Å². The molecule has 3 rings (SSSR count). The van der Waals surface area contributed by atoms with Crippen LogP contribution in [0.5, 0.6) is 0 Å². The van der Waals surface area contributed by atoms with Gasteiger partial charge < -0.3 is 10.2 Å². The van der Waals surface area contributed by atoms with Gasteiger partial charge in [-0.2, -0.15) is 0 Å². The summed E-state index contributed by atoms with van der Waals surface area (Å²) in [4.78, 5) is 26.5. The Labute approximate surface area is 138 Å². The maximum Gasteiger partial charge on any atom is 0.227 e. The smallest absolute Gasteiger partial charge is 0.227 e. The summed E-state index contributed by atoms with van der Waals surface area (Å²) >= 11 is 0. The van der Waals surface area contributed by atoms with E-state index in [0.717, 1.165) is 30.0 Å². The molecule has 1 saturated heterocycles. The van der Waals surface area contributed by atoms with E-state index >= 15 is 0 Å². The number of nitrogens with zero attached hydrogens (tertiary/aromatic N) is 1. The van der Waals surface area contributed by atoms with E-state index in [2.05, 4.69) is 12.2 Å². The summed E-state index contributed by atoms with van der Waals surface area (Å²) in [5.74, 6) is 0.649. The summed E-state index contributed by atoms with van der Waals surface area (Å²) in [6, 6.07) is 8.20. The zero-order valence-corrected chi connectivity index (χ0v) is 14.0. The molecule has 1 aromatic rings. The average Bonchev–Trinajstić information content (AvgIpc) is 2.92. The Balaban J connectivity index is 1.59. The van der Waals surface area contributed by atoms with Crippen molar-refractivity contribution >= 4 is 17.5 Å². The third-order valence-electron chi connectivity index (χ3n) is 5.17. The van der Waals surface area contributed by atoms with Crippen molar-refractivity contribution in [2.24, 2.45) is 11.8 Å². The maximum absolute atomic E-state index is 12.5. The number of anilines is 1. The van der Waals surface area contributed by atoms with E-state index < -0.39 is 0 Å². The Morgan fingerprint density at radius 1 is 1.22 bits per heavy atom. The van der Waals surface area contributed by atoms with Crippen molar-refractivity contribution < 1.29 is 9.59 Å². The molecule has 0 spiro atoms. The molecule has 1 saturated carbocycles. The average molecular weight is 314 g/mol. The number of rotatable bonds is 3. The fourth-order valence-electron chi connectivity index (χ4n) is 3.65. The molecule has 124 valence electrons. The van der Waals surface area contributed by atoms with Crippen molar-refractivity contribution in [1.29, 1.82) is 0 Å². The Morgan fingerprint density at radius 2 is 1.96 bits per heavy atom. The van der Waals surface area contributed by atoms with Crippen LogP contribution in [0.25, 0.3) is 0 Å². The van der Waals surface area contributed by atoms with E-state index in [1.165, 1.54) is 12.8 Å². The second kappa shape index (κ2) is 6.73. The number of amides is 2. The van der Waals surface area contributed by atoms with Crippen molar-refractivity contribution in [2.45, 2.75) is 52.0 Å². The summed E-state index contributed by atoms with van der Waals surface area (Å²) in [6.45, 7) is 4.78. The molecule has 1 heterocycles. The number of hydrogen-bond donors (Lipinski definition) is 1. The molecule has 0 bridgehead atoms. The van der Waals surface area contributed by atoms with Crippen LogP contribution in [0.3, 0.4) is 0 Å². The predicted octanol–water partition coefficient (Wildman–Crippen LogP) is 3.04. The van der Waals surface area contributed by atoms with E-state index in [1.54, 1.807) is 4.90 Å². The minimum Gasteiger partial charge on any atom is -0.353 e. The zero-order valence-electron chi connectivity index (χ0n) is 14.0. The van der Waals surface area contributed by atoms with E-state index in [1.807, 2.05) is 31.2 Å². The number of carbonyl (C=O) groups is 2. The maximum atomic E-state index is 12.5. The Morgan fingerprint density at radius 3 is 2.65 bits per heavy atom. The molecule has 1 N–H and O–H groups in total. The van der Waals surface area contributed by atoms with Crippen molar-refractivity contribution in [3.05, 3.63) is 29.8 Å². The van der Waals surface area contributed by atoms with Crippen molar-refractivity contribution in [3.8, 4) is 0 Å². The molecule has 23 heavy (non-hydrogen) atoms. The number of benzene rings is 1. The molecule has 2 aliphatic rings. The lowest BCUT2D eigenvalue weighted by Crippen LogP contribution is -2.41. The number of aryl methyl sites for hydroxylation is 1. The van der Waals surface area contributed by atoms with Crippen LogP contribution >= 0.6 is 0 Å². The van der Waals surface area contributed by atoms with Gasteiger partial charge in [-0.25, -0.2) is 0 Å². The van der Waals surface area contributed by atoms with E-state index in [-0.39, 0.29) is 17.7 Å². The molecule has 1 aliphatic heterocycles. The Bertz CT molecular complexity index is 591. The summed E-state index contributed by atoms with van der Waals surface area (Å²) in [5.41, 5.74) is 2.02. The standard InChI is InChI=1S/C19H26N2O2/c1-13-6-8-16(9-7-13)20-19(23)15-11-18(22)21(12-15)17-5-3-4-14(2)10-17/h3-5,10,13,15-16H,6-9,11-12H2,1-2H3,(H,20,23)/t13?,15-,16?/m0/s1. The van der Waals surface area contributed by atoms with Crippen LogP contribution in [0.1, 0.15) is 44.6 Å². The van der Waals surface area contributed by atoms with Gasteiger partial charge in [0, 0.05) is 24.7 Å². The summed E-state index contributed by atoms with van der Waals surface area (Å²) < 4.78 is 0. The van der Waals surface area contributed by atoms with Crippen LogP contribution in [0.15, 0.2) is 24.3 Å². The minimum atomic E-state index is -0.220. The van der Waals surface area contributed by atoms with Gasteiger partial charge in [-0.15, -0.1) is 0 Å². The first-order valence-electron chi connectivity index (χ1n) is 8.70. The highest BCUT2D eigenvalue weighted by Gasteiger charge is 2.36. The third-order valence-corrected chi connectivity index (χ3v) is 5.17. The van der Waals surface area contributed by atoms with Gasteiger partial charge in [-0.3, -0.25) is 9.59 Å². The van der Waals surface area contributed by atoms with Crippen LogP contribution in [-0.4, -0.2) is 24.4 Å². The fraction of sp³-hybridized carbons (Fsp3) is 0.579. The molecule has 1 aromatic carbocycles. The topological polar surface area (TPSA) is 49.4 Å². The van der Waals surface area contributed by atoms with Gasteiger partial charge in [0.15, 0.2) is 0 Å². The van der Waals surface area contributed by atoms with Gasteiger partial charge in [-0.1, -0.05) is 19.1 Å². The molecule has 2 fully saturated rings. The minimum absolute atomic E-state index is 0.0491. The highest BCUT2D eigenvalue weighted by molar-refractivity contribution is 6.00. The van der Waals surface area contributed by atoms with E-state index in [9.17, 15) is 9.59 Å². The van der Waals surface area contributed by atoms with Gasteiger partial charge in [0.05, 0.1) is 5.92 Å². The van der Waals surface area contributed by atoms with Gasteiger partial charge >= 0.3 is 0 Å². The van der Waals surface area contributed by atoms with Crippen LogP contribution in [0, 0.1) is 18.8 Å². The van der Waals surface area contributed by atoms with Gasteiger partial charge in [0.1, 0.15) is 0 Å². The molecule has 1 atom stereocenters. The quantitative estimate of drug-likeness (QED) is 0.932. The van der Waals surface area contributed by atoms with E-state index in [0.29, 0.717) is 19.0 Å². The molecule has 4 heteroatoms. The molecule has 0 radical (unpaired) electrons. The number of nitrogens with one attached hydrogen (secondary N) is 1. The van der Waals surface area contributed by atoms with Crippen molar-refractivity contribution in [2.75, 3.05) is 11.4 Å². The first-order chi connectivity index (χ1) is 11.0. The van der Waals surface area contributed by atoms with Crippen molar-refractivity contribution in [1.82, 2.24) is 5.32 Å². The Kier molecular flexibility index (Phi) is 4.69. The Hall–Kier alpha value is -1.84. The molecular weight excluding hydrogens is 288 g/mol. The van der Waals surface area contributed by atoms with Crippen LogP contribution < -0.4 is 10.2 Å². The van der Waals surface area contributed by atoms with Gasteiger partial charge in [-0.05, 0) is 56.2 Å². The number of carbonyl (C=O) groups excluding carboxylic acids is 2. The second-order valence-electron chi connectivity index (χ2n) is 7.21. The SMILES string of the molecule is Cc1cccc(N2C[C@@H](C(=O)NC3CCC(C)CC3)CC2=O)c1. The number of hydrogen-bond acceptors (Lipinski definition) is 2. The monoisotopic (exact) mass is 314 g/mol. The highest BCUT2D eigenvalue weighted by atomic mass is 16.2. The third kappa shape index (κ3) is 3.74. The lowest BCUT2D eigenvalue weighted by atomic mass is 9.87. The first-order valence-corrected chi connectivity index (χ1v) is 8.70. The predicted molar refractivity (Wildman–Crippen MR) is 91.2 cm³/mol. The molecule has 1 aliphatic carbocycles. The van der Waals surface area contributed by atoms with E-state index in [4.69, 9.17) is 0 Å². The molecule has 0 unspecified atom stereocenters. The lowest BCUT2D eigenvalue weighted by Gasteiger charge is -2.27. The fourth-order valence-corrected chi connectivity index (χ4v) is 3.65. The second-order valence-corrected chi connectivity index (χ2v) is 7.21. The summed E-state index contributed by atoms with van der Waals surface area (Å²) in [6.07, 6.45) is 4.82. The van der Waals surface area contributed by atoms with Crippen molar-refractivity contribution in [3.63, 3.8) is 0 Å². The molecular formula is C19H26N2O2. The highest BCUT2D eigenvalue weighted by Crippen LogP contribution is 2.27. The largest absolute Gasteiger partial charge is 0.353 e. The normalized spacial score (nSPS) is 28.0.